The van der Waals surface area contributed by atoms with E-state index in [0.29, 0.717) is 6.61 Å². The maximum atomic E-state index is 12.4. The topological polar surface area (TPSA) is 44.1 Å². The molecule has 1 atom stereocenters. The van der Waals surface area contributed by atoms with Gasteiger partial charge in [0.2, 0.25) is 0 Å². The normalized spacial score (nSPS) is 12.5. The highest BCUT2D eigenvalue weighted by molar-refractivity contribution is 5.81. The second kappa shape index (κ2) is 7.25. The first-order chi connectivity index (χ1) is 10.2. The predicted molar refractivity (Wildman–Crippen MR) is 84.3 cm³/mol. The molecule has 21 heavy (non-hydrogen) atoms. The Balaban J connectivity index is 2.53. The molecule has 0 aliphatic rings. The number of ether oxygens (including phenoxy) is 1. The number of carbonyl (C=O) groups is 1. The monoisotopic (exact) mass is 288 g/mol. The largest absolute Gasteiger partial charge is 0.464 e. The SMILES string of the molecule is CCCc1nc2ccccc2n1C(CCC)C(=O)OCC. The van der Waals surface area contributed by atoms with Gasteiger partial charge in [0.1, 0.15) is 11.9 Å². The van der Waals surface area contributed by atoms with E-state index in [9.17, 15) is 4.79 Å². The van der Waals surface area contributed by atoms with Gasteiger partial charge >= 0.3 is 5.97 Å². The Bertz CT molecular complexity index is 604. The number of hydrogen-bond donors (Lipinski definition) is 0. The van der Waals surface area contributed by atoms with E-state index >= 15 is 0 Å². The number of esters is 1. The molecule has 1 unspecified atom stereocenters. The van der Waals surface area contributed by atoms with Gasteiger partial charge in [0.05, 0.1) is 17.6 Å². The molecule has 4 nitrogen and oxygen atoms in total. The van der Waals surface area contributed by atoms with E-state index in [-0.39, 0.29) is 12.0 Å². The lowest BCUT2D eigenvalue weighted by molar-refractivity contribution is -0.147. The summed E-state index contributed by atoms with van der Waals surface area (Å²) in [6.07, 6.45) is 3.58. The van der Waals surface area contributed by atoms with Crippen LogP contribution >= 0.6 is 0 Å². The number of rotatable bonds is 7. The van der Waals surface area contributed by atoms with E-state index in [0.717, 1.165) is 42.5 Å². The summed E-state index contributed by atoms with van der Waals surface area (Å²) < 4.78 is 7.36. The van der Waals surface area contributed by atoms with Gasteiger partial charge < -0.3 is 9.30 Å². The molecule has 114 valence electrons. The fourth-order valence-electron chi connectivity index (χ4n) is 2.71. The van der Waals surface area contributed by atoms with E-state index in [4.69, 9.17) is 9.72 Å². The molecule has 0 amide bonds. The van der Waals surface area contributed by atoms with Gasteiger partial charge in [-0.3, -0.25) is 0 Å². The Labute approximate surface area is 126 Å². The van der Waals surface area contributed by atoms with E-state index in [1.807, 2.05) is 31.2 Å². The molecule has 0 N–H and O–H groups in total. The molecule has 1 heterocycles. The van der Waals surface area contributed by atoms with Crippen LogP contribution in [0.2, 0.25) is 0 Å². The van der Waals surface area contributed by atoms with Crippen LogP contribution < -0.4 is 0 Å². The fourth-order valence-corrected chi connectivity index (χ4v) is 2.71. The van der Waals surface area contributed by atoms with Gasteiger partial charge in [0, 0.05) is 6.42 Å². The summed E-state index contributed by atoms with van der Waals surface area (Å²) >= 11 is 0. The van der Waals surface area contributed by atoms with Gasteiger partial charge in [-0.05, 0) is 31.9 Å². The van der Waals surface area contributed by atoms with Gasteiger partial charge in [-0.1, -0.05) is 32.4 Å². The van der Waals surface area contributed by atoms with Crippen LogP contribution in [0.25, 0.3) is 11.0 Å². The third kappa shape index (κ3) is 3.26. The van der Waals surface area contributed by atoms with Crippen LogP contribution in [0.5, 0.6) is 0 Å². The lowest BCUT2D eigenvalue weighted by Gasteiger charge is -2.19. The Morgan fingerprint density at radius 3 is 2.67 bits per heavy atom. The van der Waals surface area contributed by atoms with Gasteiger partial charge in [-0.15, -0.1) is 0 Å². The molecule has 0 bridgehead atoms. The van der Waals surface area contributed by atoms with Crippen molar-refractivity contribution in [2.45, 2.75) is 52.5 Å². The predicted octanol–water partition coefficient (Wildman–Crippen LogP) is 3.89. The van der Waals surface area contributed by atoms with Crippen LogP contribution in [-0.2, 0) is 16.0 Å². The standard InChI is InChI=1S/C17H24N2O2/c1-4-9-15(17(20)21-6-3)19-14-12-8-7-11-13(14)18-16(19)10-5-2/h7-8,11-12,15H,4-6,9-10H2,1-3H3. The van der Waals surface area contributed by atoms with Crippen molar-refractivity contribution in [3.05, 3.63) is 30.1 Å². The van der Waals surface area contributed by atoms with Crippen molar-refractivity contribution >= 4 is 17.0 Å². The molecule has 0 radical (unpaired) electrons. The van der Waals surface area contributed by atoms with Crippen LogP contribution in [0.1, 0.15) is 51.9 Å². The van der Waals surface area contributed by atoms with Gasteiger partial charge in [0.25, 0.3) is 0 Å². The summed E-state index contributed by atoms with van der Waals surface area (Å²) in [4.78, 5) is 17.1. The van der Waals surface area contributed by atoms with Crippen molar-refractivity contribution in [2.24, 2.45) is 0 Å². The summed E-state index contributed by atoms with van der Waals surface area (Å²) in [7, 11) is 0. The first-order valence-electron chi connectivity index (χ1n) is 7.85. The third-order valence-corrected chi connectivity index (χ3v) is 3.57. The highest BCUT2D eigenvalue weighted by Gasteiger charge is 2.25. The number of fused-ring (bicyclic) bond motifs is 1. The molecule has 1 aromatic carbocycles. The lowest BCUT2D eigenvalue weighted by atomic mass is 10.1. The highest BCUT2D eigenvalue weighted by atomic mass is 16.5. The Morgan fingerprint density at radius 1 is 1.24 bits per heavy atom. The summed E-state index contributed by atoms with van der Waals surface area (Å²) in [5, 5.41) is 0. The number of nitrogens with zero attached hydrogens (tertiary/aromatic N) is 2. The molecule has 4 heteroatoms. The molecule has 0 aliphatic heterocycles. The second-order valence-electron chi connectivity index (χ2n) is 5.19. The first-order valence-corrected chi connectivity index (χ1v) is 7.85. The molecule has 0 fully saturated rings. The number of benzene rings is 1. The van der Waals surface area contributed by atoms with Gasteiger partial charge in [0.15, 0.2) is 0 Å². The van der Waals surface area contributed by atoms with Crippen molar-refractivity contribution in [1.29, 1.82) is 0 Å². The van der Waals surface area contributed by atoms with Crippen molar-refractivity contribution in [2.75, 3.05) is 6.61 Å². The highest BCUT2D eigenvalue weighted by Crippen LogP contribution is 2.26. The summed E-state index contributed by atoms with van der Waals surface area (Å²) in [5.74, 6) is 0.824. The van der Waals surface area contributed by atoms with Crippen LogP contribution in [0.3, 0.4) is 0 Å². The quantitative estimate of drug-likeness (QED) is 0.726. The van der Waals surface area contributed by atoms with Crippen molar-refractivity contribution in [3.63, 3.8) is 0 Å². The molecule has 0 saturated heterocycles. The zero-order valence-electron chi connectivity index (χ0n) is 13.1. The number of para-hydroxylation sites is 2. The van der Waals surface area contributed by atoms with Crippen LogP contribution in [0, 0.1) is 0 Å². The van der Waals surface area contributed by atoms with Crippen LogP contribution in [-0.4, -0.2) is 22.1 Å². The van der Waals surface area contributed by atoms with Crippen molar-refractivity contribution < 1.29 is 9.53 Å². The Hall–Kier alpha value is -1.84. The molecule has 2 rings (SSSR count). The lowest BCUT2D eigenvalue weighted by Crippen LogP contribution is -2.23. The van der Waals surface area contributed by atoms with E-state index in [1.165, 1.54) is 0 Å². The fraction of sp³-hybridized carbons (Fsp3) is 0.529. The molecular weight excluding hydrogens is 264 g/mol. The summed E-state index contributed by atoms with van der Waals surface area (Å²) in [5.41, 5.74) is 1.97. The number of hydrogen-bond acceptors (Lipinski definition) is 3. The second-order valence-corrected chi connectivity index (χ2v) is 5.19. The minimum absolute atomic E-state index is 0.153. The molecule has 0 spiro atoms. The zero-order valence-corrected chi connectivity index (χ0v) is 13.1. The van der Waals surface area contributed by atoms with Gasteiger partial charge in [-0.2, -0.15) is 0 Å². The molecule has 2 aromatic rings. The summed E-state index contributed by atoms with van der Waals surface area (Å²) in [6.45, 7) is 6.47. The number of imidazole rings is 1. The number of aryl methyl sites for hydroxylation is 1. The van der Waals surface area contributed by atoms with E-state index in [2.05, 4.69) is 18.4 Å². The molecule has 0 aliphatic carbocycles. The first kappa shape index (κ1) is 15.5. The molecule has 0 saturated carbocycles. The van der Waals surface area contributed by atoms with E-state index in [1.54, 1.807) is 0 Å². The number of aromatic nitrogens is 2. The van der Waals surface area contributed by atoms with Crippen LogP contribution in [0.4, 0.5) is 0 Å². The van der Waals surface area contributed by atoms with Gasteiger partial charge in [-0.25, -0.2) is 9.78 Å². The third-order valence-electron chi connectivity index (χ3n) is 3.57. The average Bonchev–Trinajstić information content (AvgIpc) is 2.83. The maximum absolute atomic E-state index is 12.4. The minimum atomic E-state index is -0.274. The smallest absolute Gasteiger partial charge is 0.329 e. The molecule has 1 aromatic heterocycles. The maximum Gasteiger partial charge on any atom is 0.329 e. The van der Waals surface area contributed by atoms with Crippen molar-refractivity contribution in [3.8, 4) is 0 Å². The number of carbonyl (C=O) groups excluding carboxylic acids is 1. The molecular formula is C17H24N2O2. The van der Waals surface area contributed by atoms with E-state index < -0.39 is 0 Å². The minimum Gasteiger partial charge on any atom is -0.464 e. The Morgan fingerprint density at radius 2 is 2.00 bits per heavy atom. The van der Waals surface area contributed by atoms with Crippen LogP contribution in [0.15, 0.2) is 24.3 Å². The average molecular weight is 288 g/mol. The Kier molecular flexibility index (Phi) is 5.37. The summed E-state index contributed by atoms with van der Waals surface area (Å²) in [6, 6.07) is 7.73. The van der Waals surface area contributed by atoms with Crippen molar-refractivity contribution in [1.82, 2.24) is 9.55 Å². The zero-order chi connectivity index (χ0) is 15.2.